The van der Waals surface area contributed by atoms with E-state index in [1.54, 1.807) is 11.8 Å². The molecule has 2 N–H and O–H groups in total. The van der Waals surface area contributed by atoms with Crippen molar-refractivity contribution in [1.82, 2.24) is 4.90 Å². The highest BCUT2D eigenvalue weighted by molar-refractivity contribution is 5.82. The van der Waals surface area contributed by atoms with Crippen molar-refractivity contribution in [3.05, 3.63) is 0 Å². The lowest BCUT2D eigenvalue weighted by Crippen LogP contribution is -2.58. The Bertz CT molecular complexity index is 202. The van der Waals surface area contributed by atoms with Crippen LogP contribution in [-0.4, -0.2) is 42.1 Å². The minimum atomic E-state index is -0.419. The molecule has 0 aromatic carbocycles. The van der Waals surface area contributed by atoms with Gasteiger partial charge < -0.3 is 15.4 Å². The number of ether oxygens (including phenoxy) is 1. The first kappa shape index (κ1) is 10.5. The van der Waals surface area contributed by atoms with Crippen molar-refractivity contribution in [2.45, 2.75) is 32.4 Å². The maximum absolute atomic E-state index is 11.7. The lowest BCUT2D eigenvalue weighted by molar-refractivity contribution is -0.147. The van der Waals surface area contributed by atoms with Crippen molar-refractivity contribution in [2.75, 3.05) is 19.8 Å². The van der Waals surface area contributed by atoms with E-state index in [1.165, 1.54) is 0 Å². The average molecular weight is 186 g/mol. The first-order valence-electron chi connectivity index (χ1n) is 4.60. The third-order valence-corrected chi connectivity index (χ3v) is 2.30. The molecule has 4 nitrogen and oxygen atoms in total. The Morgan fingerprint density at radius 1 is 1.62 bits per heavy atom. The quantitative estimate of drug-likeness (QED) is 0.625. The third-order valence-electron chi connectivity index (χ3n) is 2.30. The molecule has 1 fully saturated rings. The Kier molecular flexibility index (Phi) is 2.93. The lowest BCUT2D eigenvalue weighted by atomic mass is 10.0. The Morgan fingerprint density at radius 3 is 2.69 bits per heavy atom. The van der Waals surface area contributed by atoms with E-state index in [0.717, 1.165) is 0 Å². The van der Waals surface area contributed by atoms with Gasteiger partial charge in [0.1, 0.15) is 0 Å². The fourth-order valence-electron chi connectivity index (χ4n) is 1.51. The Balaban J connectivity index is 2.71. The van der Waals surface area contributed by atoms with Gasteiger partial charge in [0.25, 0.3) is 0 Å². The third kappa shape index (κ3) is 2.19. The fraction of sp³-hybridized carbons (Fsp3) is 0.889. The van der Waals surface area contributed by atoms with Gasteiger partial charge in [0.2, 0.25) is 5.91 Å². The van der Waals surface area contributed by atoms with E-state index in [2.05, 4.69) is 0 Å². The van der Waals surface area contributed by atoms with Crippen molar-refractivity contribution < 1.29 is 9.53 Å². The maximum Gasteiger partial charge on any atom is 0.239 e. The van der Waals surface area contributed by atoms with Gasteiger partial charge in [0.15, 0.2) is 0 Å². The second-order valence-corrected chi connectivity index (χ2v) is 4.14. The molecule has 0 spiro atoms. The summed E-state index contributed by atoms with van der Waals surface area (Å²) in [4.78, 5) is 13.5. The van der Waals surface area contributed by atoms with Gasteiger partial charge in [-0.25, -0.2) is 0 Å². The van der Waals surface area contributed by atoms with Crippen molar-refractivity contribution >= 4 is 5.91 Å². The van der Waals surface area contributed by atoms with E-state index in [1.807, 2.05) is 13.8 Å². The van der Waals surface area contributed by atoms with Gasteiger partial charge in [-0.05, 0) is 20.8 Å². The molecule has 1 aliphatic rings. The van der Waals surface area contributed by atoms with Crippen LogP contribution in [0, 0.1) is 0 Å². The zero-order valence-electron chi connectivity index (χ0n) is 8.54. The number of hydrogen-bond donors (Lipinski definition) is 1. The molecule has 4 heteroatoms. The molecule has 0 aliphatic carbocycles. The zero-order valence-corrected chi connectivity index (χ0v) is 8.54. The SMILES string of the molecule is C[C@@H](N)C(=O)N1CCOCC1(C)C. The highest BCUT2D eigenvalue weighted by Gasteiger charge is 2.34. The average Bonchev–Trinajstić information content (AvgIpc) is 2.02. The number of amides is 1. The van der Waals surface area contributed by atoms with E-state index in [0.29, 0.717) is 19.8 Å². The number of rotatable bonds is 1. The number of carbonyl (C=O) groups is 1. The van der Waals surface area contributed by atoms with E-state index < -0.39 is 6.04 Å². The van der Waals surface area contributed by atoms with Crippen LogP contribution in [0.4, 0.5) is 0 Å². The molecule has 0 bridgehead atoms. The molecule has 1 saturated heterocycles. The smallest absolute Gasteiger partial charge is 0.239 e. The molecule has 1 atom stereocenters. The van der Waals surface area contributed by atoms with Crippen LogP contribution in [0.25, 0.3) is 0 Å². The van der Waals surface area contributed by atoms with Crippen molar-refractivity contribution in [1.29, 1.82) is 0 Å². The summed E-state index contributed by atoms with van der Waals surface area (Å²) in [5, 5.41) is 0. The van der Waals surface area contributed by atoms with Crippen LogP contribution in [-0.2, 0) is 9.53 Å². The van der Waals surface area contributed by atoms with Crippen LogP contribution in [0.1, 0.15) is 20.8 Å². The standard InChI is InChI=1S/C9H18N2O2/c1-7(10)8(12)11-4-5-13-6-9(11,2)3/h7H,4-6,10H2,1-3H3/t7-/m1/s1. The highest BCUT2D eigenvalue weighted by atomic mass is 16.5. The van der Waals surface area contributed by atoms with Crippen molar-refractivity contribution in [3.8, 4) is 0 Å². The monoisotopic (exact) mass is 186 g/mol. The minimum Gasteiger partial charge on any atom is -0.377 e. The van der Waals surface area contributed by atoms with E-state index in [9.17, 15) is 4.79 Å². The Labute approximate surface area is 79.0 Å². The summed E-state index contributed by atoms with van der Waals surface area (Å²) in [7, 11) is 0. The Hall–Kier alpha value is -0.610. The van der Waals surface area contributed by atoms with Crippen LogP contribution in [0.2, 0.25) is 0 Å². The molecule has 0 aromatic rings. The Morgan fingerprint density at radius 2 is 2.23 bits per heavy atom. The molecule has 1 aliphatic heterocycles. The van der Waals surface area contributed by atoms with E-state index in [4.69, 9.17) is 10.5 Å². The number of hydrogen-bond acceptors (Lipinski definition) is 3. The number of carbonyl (C=O) groups excluding carboxylic acids is 1. The van der Waals surface area contributed by atoms with Crippen LogP contribution in [0.5, 0.6) is 0 Å². The number of morpholine rings is 1. The summed E-state index contributed by atoms with van der Waals surface area (Å²) in [6.45, 7) is 7.55. The predicted molar refractivity (Wildman–Crippen MR) is 50.3 cm³/mol. The molecule has 0 aromatic heterocycles. The van der Waals surface area contributed by atoms with Gasteiger partial charge in [0.05, 0.1) is 24.8 Å². The fourth-order valence-corrected chi connectivity index (χ4v) is 1.51. The first-order chi connectivity index (χ1) is 5.95. The molecular formula is C9H18N2O2. The van der Waals surface area contributed by atoms with Gasteiger partial charge in [-0.1, -0.05) is 0 Å². The highest BCUT2D eigenvalue weighted by Crippen LogP contribution is 2.19. The second kappa shape index (κ2) is 3.64. The molecule has 1 rings (SSSR count). The van der Waals surface area contributed by atoms with Gasteiger partial charge in [-0.3, -0.25) is 4.79 Å². The van der Waals surface area contributed by atoms with Crippen molar-refractivity contribution in [2.24, 2.45) is 5.73 Å². The van der Waals surface area contributed by atoms with Gasteiger partial charge in [0, 0.05) is 6.54 Å². The topological polar surface area (TPSA) is 55.6 Å². The van der Waals surface area contributed by atoms with E-state index >= 15 is 0 Å². The molecule has 1 amide bonds. The number of nitrogens with two attached hydrogens (primary N) is 1. The van der Waals surface area contributed by atoms with Gasteiger partial charge in [-0.2, -0.15) is 0 Å². The zero-order chi connectivity index (χ0) is 10.1. The molecule has 0 radical (unpaired) electrons. The summed E-state index contributed by atoms with van der Waals surface area (Å²) in [5.74, 6) is 0.00769. The van der Waals surface area contributed by atoms with Crippen LogP contribution < -0.4 is 5.73 Å². The molecular weight excluding hydrogens is 168 g/mol. The second-order valence-electron chi connectivity index (χ2n) is 4.14. The summed E-state index contributed by atoms with van der Waals surface area (Å²) >= 11 is 0. The van der Waals surface area contributed by atoms with Gasteiger partial charge >= 0.3 is 0 Å². The number of nitrogens with zero attached hydrogens (tertiary/aromatic N) is 1. The molecule has 1 heterocycles. The first-order valence-corrected chi connectivity index (χ1v) is 4.60. The largest absolute Gasteiger partial charge is 0.377 e. The normalized spacial score (nSPS) is 24.2. The minimum absolute atomic E-state index is 0.00769. The summed E-state index contributed by atoms with van der Waals surface area (Å²) in [6.07, 6.45) is 0. The van der Waals surface area contributed by atoms with Crippen LogP contribution in [0.3, 0.4) is 0 Å². The van der Waals surface area contributed by atoms with Gasteiger partial charge in [-0.15, -0.1) is 0 Å². The molecule has 0 saturated carbocycles. The summed E-state index contributed by atoms with van der Waals surface area (Å²) in [6, 6.07) is -0.419. The summed E-state index contributed by atoms with van der Waals surface area (Å²) < 4.78 is 5.31. The maximum atomic E-state index is 11.7. The molecule has 0 unspecified atom stereocenters. The van der Waals surface area contributed by atoms with Crippen molar-refractivity contribution in [3.63, 3.8) is 0 Å². The molecule has 13 heavy (non-hydrogen) atoms. The van der Waals surface area contributed by atoms with Crippen LogP contribution in [0.15, 0.2) is 0 Å². The summed E-state index contributed by atoms with van der Waals surface area (Å²) in [5.41, 5.74) is 5.34. The van der Waals surface area contributed by atoms with Crippen LogP contribution >= 0.6 is 0 Å². The predicted octanol–water partition coefficient (Wildman–Crippen LogP) is -0.0290. The van der Waals surface area contributed by atoms with E-state index in [-0.39, 0.29) is 11.4 Å². The lowest BCUT2D eigenvalue weighted by Gasteiger charge is -2.42. The molecule has 76 valence electrons.